The summed E-state index contributed by atoms with van der Waals surface area (Å²) in [6.07, 6.45) is 2.75. The zero-order valence-electron chi connectivity index (χ0n) is 10.3. The van der Waals surface area contributed by atoms with Crippen molar-refractivity contribution < 1.29 is 14.7 Å². The molecule has 1 amide bonds. The molecule has 1 aliphatic heterocycles. The van der Waals surface area contributed by atoms with Gasteiger partial charge in [-0.15, -0.1) is 0 Å². The average Bonchev–Trinajstić information content (AvgIpc) is 2.28. The maximum absolute atomic E-state index is 12.1. The Balaban J connectivity index is 2.73. The molecule has 0 spiro atoms. The molecule has 0 bridgehead atoms. The number of hydrogen-bond donors (Lipinski definition) is 1. The smallest absolute Gasteiger partial charge is 0.305 e. The third kappa shape index (κ3) is 4.07. The standard InChI is InChI=1S/C12H19NO3S/c1-3-4-9(2)12(16)13-5-6-17-8-10(13)7-11(14)15/h4,10H,3,5-8H2,1-2H3,(H,14,15). The molecule has 0 aromatic carbocycles. The van der Waals surface area contributed by atoms with Crippen molar-refractivity contribution in [3.05, 3.63) is 11.6 Å². The van der Waals surface area contributed by atoms with E-state index in [-0.39, 0.29) is 18.4 Å². The van der Waals surface area contributed by atoms with Gasteiger partial charge in [0.05, 0.1) is 12.5 Å². The summed E-state index contributed by atoms with van der Waals surface area (Å²) in [5.74, 6) is 0.754. The third-order valence-corrected chi connectivity index (χ3v) is 3.84. The van der Waals surface area contributed by atoms with Crippen LogP contribution in [0.15, 0.2) is 11.6 Å². The van der Waals surface area contributed by atoms with Gasteiger partial charge in [0, 0.05) is 23.6 Å². The number of carbonyl (C=O) groups is 2. The lowest BCUT2D eigenvalue weighted by molar-refractivity contribution is -0.139. The van der Waals surface area contributed by atoms with Gasteiger partial charge < -0.3 is 10.0 Å². The number of thioether (sulfide) groups is 1. The Labute approximate surface area is 106 Å². The first-order valence-electron chi connectivity index (χ1n) is 5.83. The highest BCUT2D eigenvalue weighted by atomic mass is 32.2. The normalized spacial score (nSPS) is 21.4. The van der Waals surface area contributed by atoms with Gasteiger partial charge in [-0.05, 0) is 13.3 Å². The van der Waals surface area contributed by atoms with Crippen LogP contribution in [0.25, 0.3) is 0 Å². The van der Waals surface area contributed by atoms with Gasteiger partial charge in [0.15, 0.2) is 0 Å². The maximum Gasteiger partial charge on any atom is 0.305 e. The number of carbonyl (C=O) groups excluding carboxylic acids is 1. The van der Waals surface area contributed by atoms with Crippen LogP contribution in [0.5, 0.6) is 0 Å². The predicted molar refractivity (Wildman–Crippen MR) is 69.1 cm³/mol. The van der Waals surface area contributed by atoms with Gasteiger partial charge in [-0.1, -0.05) is 13.0 Å². The van der Waals surface area contributed by atoms with E-state index in [1.54, 1.807) is 23.6 Å². The quantitative estimate of drug-likeness (QED) is 0.780. The number of amides is 1. The summed E-state index contributed by atoms with van der Waals surface area (Å²) < 4.78 is 0. The first-order valence-corrected chi connectivity index (χ1v) is 6.99. The van der Waals surface area contributed by atoms with E-state index in [1.807, 2.05) is 13.0 Å². The minimum Gasteiger partial charge on any atom is -0.481 e. The van der Waals surface area contributed by atoms with Gasteiger partial charge >= 0.3 is 5.97 Å². The molecule has 5 heteroatoms. The summed E-state index contributed by atoms with van der Waals surface area (Å²) in [6.45, 7) is 4.43. The number of carboxylic acid groups (broad SMARTS) is 1. The Bertz CT molecular complexity index is 328. The first kappa shape index (κ1) is 14.1. The van der Waals surface area contributed by atoms with Crippen LogP contribution in [0.4, 0.5) is 0 Å². The molecule has 0 aliphatic carbocycles. The molecule has 1 N–H and O–H groups in total. The Hall–Kier alpha value is -0.970. The van der Waals surface area contributed by atoms with Crippen LogP contribution < -0.4 is 0 Å². The van der Waals surface area contributed by atoms with Crippen molar-refractivity contribution in [2.45, 2.75) is 32.7 Å². The number of aliphatic carboxylic acids is 1. The highest BCUT2D eigenvalue weighted by molar-refractivity contribution is 7.99. The number of carboxylic acids is 1. The average molecular weight is 257 g/mol. The first-order chi connectivity index (χ1) is 8.06. The monoisotopic (exact) mass is 257 g/mol. The summed E-state index contributed by atoms with van der Waals surface area (Å²) in [5.41, 5.74) is 0.717. The van der Waals surface area contributed by atoms with E-state index in [1.165, 1.54) is 0 Å². The molecule has 1 heterocycles. The fourth-order valence-corrected chi connectivity index (χ4v) is 2.98. The molecule has 0 radical (unpaired) electrons. The third-order valence-electron chi connectivity index (χ3n) is 2.75. The van der Waals surface area contributed by atoms with E-state index in [2.05, 4.69) is 0 Å². The van der Waals surface area contributed by atoms with Crippen LogP contribution in [-0.2, 0) is 9.59 Å². The lowest BCUT2D eigenvalue weighted by Gasteiger charge is -2.34. The molecule has 1 fully saturated rings. The van der Waals surface area contributed by atoms with Crippen molar-refractivity contribution in [1.82, 2.24) is 4.90 Å². The van der Waals surface area contributed by atoms with E-state index >= 15 is 0 Å². The summed E-state index contributed by atoms with van der Waals surface area (Å²) in [6, 6.07) is -0.168. The van der Waals surface area contributed by atoms with Crippen molar-refractivity contribution >= 4 is 23.6 Å². The van der Waals surface area contributed by atoms with Crippen LogP contribution in [0.2, 0.25) is 0 Å². The van der Waals surface area contributed by atoms with E-state index in [4.69, 9.17) is 5.11 Å². The van der Waals surface area contributed by atoms with Crippen LogP contribution in [0, 0.1) is 0 Å². The summed E-state index contributed by atoms with van der Waals surface area (Å²) in [4.78, 5) is 24.6. The Morgan fingerprint density at radius 1 is 1.53 bits per heavy atom. The zero-order valence-corrected chi connectivity index (χ0v) is 11.1. The van der Waals surface area contributed by atoms with Crippen molar-refractivity contribution in [2.24, 2.45) is 0 Å². The Kier molecular flexibility index (Phi) is 5.55. The van der Waals surface area contributed by atoms with Crippen molar-refractivity contribution in [1.29, 1.82) is 0 Å². The van der Waals surface area contributed by atoms with E-state index < -0.39 is 5.97 Å². The highest BCUT2D eigenvalue weighted by Gasteiger charge is 2.29. The van der Waals surface area contributed by atoms with Crippen molar-refractivity contribution in [2.75, 3.05) is 18.1 Å². The molecule has 1 atom stereocenters. The molecule has 1 saturated heterocycles. The van der Waals surface area contributed by atoms with Gasteiger partial charge in [-0.2, -0.15) is 11.8 Å². The fourth-order valence-electron chi connectivity index (χ4n) is 1.91. The summed E-state index contributed by atoms with van der Waals surface area (Å²) >= 11 is 1.71. The molecule has 0 aromatic rings. The van der Waals surface area contributed by atoms with Gasteiger partial charge in [-0.3, -0.25) is 9.59 Å². The summed E-state index contributed by atoms with van der Waals surface area (Å²) in [7, 11) is 0. The maximum atomic E-state index is 12.1. The Morgan fingerprint density at radius 2 is 2.24 bits per heavy atom. The van der Waals surface area contributed by atoms with Gasteiger partial charge in [-0.25, -0.2) is 0 Å². The van der Waals surface area contributed by atoms with Gasteiger partial charge in [0.2, 0.25) is 5.91 Å². The van der Waals surface area contributed by atoms with Crippen LogP contribution >= 0.6 is 11.8 Å². The van der Waals surface area contributed by atoms with Gasteiger partial charge in [0.1, 0.15) is 0 Å². The minimum atomic E-state index is -0.840. The second-order valence-electron chi connectivity index (χ2n) is 4.12. The lowest BCUT2D eigenvalue weighted by atomic mass is 10.1. The van der Waals surface area contributed by atoms with Crippen LogP contribution in [0.3, 0.4) is 0 Å². The molecular weight excluding hydrogens is 238 g/mol. The Morgan fingerprint density at radius 3 is 2.82 bits per heavy atom. The second kappa shape index (κ2) is 6.69. The number of allylic oxidation sites excluding steroid dienone is 1. The van der Waals surface area contributed by atoms with E-state index in [0.717, 1.165) is 23.5 Å². The second-order valence-corrected chi connectivity index (χ2v) is 5.27. The molecule has 1 rings (SSSR count). The van der Waals surface area contributed by atoms with Crippen LogP contribution in [-0.4, -0.2) is 46.0 Å². The number of nitrogens with zero attached hydrogens (tertiary/aromatic N) is 1. The SMILES string of the molecule is CCC=C(C)C(=O)N1CCSCC1CC(=O)O. The number of rotatable bonds is 4. The van der Waals surface area contributed by atoms with Crippen LogP contribution in [0.1, 0.15) is 26.7 Å². The topological polar surface area (TPSA) is 57.6 Å². The molecule has 96 valence electrons. The fraction of sp³-hybridized carbons (Fsp3) is 0.667. The van der Waals surface area contributed by atoms with Crippen molar-refractivity contribution in [3.63, 3.8) is 0 Å². The van der Waals surface area contributed by atoms with Gasteiger partial charge in [0.25, 0.3) is 0 Å². The van der Waals surface area contributed by atoms with E-state index in [9.17, 15) is 9.59 Å². The predicted octanol–water partition coefficient (Wildman–Crippen LogP) is 1.76. The van der Waals surface area contributed by atoms with Crippen molar-refractivity contribution in [3.8, 4) is 0 Å². The lowest BCUT2D eigenvalue weighted by Crippen LogP contribution is -2.47. The molecule has 1 unspecified atom stereocenters. The number of hydrogen-bond acceptors (Lipinski definition) is 3. The molecule has 4 nitrogen and oxygen atoms in total. The molecule has 1 aliphatic rings. The zero-order chi connectivity index (χ0) is 12.8. The molecule has 0 aromatic heterocycles. The summed E-state index contributed by atoms with van der Waals surface area (Å²) in [5, 5.41) is 8.85. The largest absolute Gasteiger partial charge is 0.481 e. The highest BCUT2D eigenvalue weighted by Crippen LogP contribution is 2.21. The minimum absolute atomic E-state index is 0.0154. The van der Waals surface area contributed by atoms with E-state index in [0.29, 0.717) is 6.54 Å². The molecule has 17 heavy (non-hydrogen) atoms. The molecule has 0 saturated carbocycles. The molecular formula is C12H19NO3S.